The first-order valence-electron chi connectivity index (χ1n) is 8.57. The number of methoxy groups -OCH3 is 2. The summed E-state index contributed by atoms with van der Waals surface area (Å²) < 4.78 is 21.8. The highest BCUT2D eigenvalue weighted by molar-refractivity contribution is 7.51. The van der Waals surface area contributed by atoms with Crippen LogP contribution in [0.2, 0.25) is 0 Å². The number of benzene rings is 1. The molecule has 27 heavy (non-hydrogen) atoms. The molecule has 0 unspecified atom stereocenters. The number of halogens is 1. The van der Waals surface area contributed by atoms with Gasteiger partial charge in [-0.05, 0) is 31.2 Å². The van der Waals surface area contributed by atoms with Crippen LogP contribution in [0.25, 0.3) is 10.9 Å². The van der Waals surface area contributed by atoms with Gasteiger partial charge in [-0.15, -0.1) is 12.4 Å². The molecule has 1 aliphatic rings. The van der Waals surface area contributed by atoms with Gasteiger partial charge in [-0.2, -0.15) is 0 Å². The molecule has 3 rings (SSSR count). The normalized spacial score (nSPS) is 15.5. The van der Waals surface area contributed by atoms with Crippen molar-refractivity contribution < 1.29 is 23.8 Å². The summed E-state index contributed by atoms with van der Waals surface area (Å²) in [6, 6.07) is 3.73. The SMILES string of the molecule is COc1cc2ncnc(N3CCC(CCP(=O)(O)O)CC3)c2cc1OC.Cl. The number of hydrogen-bond donors (Lipinski definition) is 2. The zero-order chi connectivity index (χ0) is 18.7. The molecule has 2 heterocycles. The number of rotatable bonds is 6. The van der Waals surface area contributed by atoms with Crippen LogP contribution in [0.5, 0.6) is 11.5 Å². The van der Waals surface area contributed by atoms with Crippen LogP contribution >= 0.6 is 20.0 Å². The molecule has 1 saturated heterocycles. The fraction of sp³-hybridized carbons (Fsp3) is 0.529. The molecular weight excluding hydrogens is 393 g/mol. The Bertz CT molecular complexity index is 824. The van der Waals surface area contributed by atoms with Crippen LogP contribution in [-0.4, -0.2) is 53.2 Å². The lowest BCUT2D eigenvalue weighted by Gasteiger charge is -2.33. The third kappa shape index (κ3) is 5.23. The van der Waals surface area contributed by atoms with Crippen molar-refractivity contribution in [3.8, 4) is 11.5 Å². The third-order valence-electron chi connectivity index (χ3n) is 4.86. The van der Waals surface area contributed by atoms with Crippen molar-refractivity contribution in [3.63, 3.8) is 0 Å². The fourth-order valence-electron chi connectivity index (χ4n) is 3.41. The first-order chi connectivity index (χ1) is 12.4. The van der Waals surface area contributed by atoms with E-state index in [1.165, 1.54) is 0 Å². The van der Waals surface area contributed by atoms with Gasteiger partial charge in [0.2, 0.25) is 0 Å². The molecular formula is C17H25ClN3O5P. The Hall–Kier alpha value is -1.60. The number of aromatic nitrogens is 2. The van der Waals surface area contributed by atoms with Crippen molar-refractivity contribution in [3.05, 3.63) is 18.5 Å². The standard InChI is InChI=1S/C17H24N3O5P.ClH/c1-24-15-9-13-14(10-16(15)25-2)18-11-19-17(13)20-6-3-12(4-7-20)5-8-26(21,22)23;/h9-12H,3-8H2,1-2H3,(H2,21,22,23);1H. The van der Waals surface area contributed by atoms with Crippen LogP contribution in [0.15, 0.2) is 18.5 Å². The Morgan fingerprint density at radius 2 is 1.78 bits per heavy atom. The van der Waals surface area contributed by atoms with Crippen LogP contribution in [-0.2, 0) is 4.57 Å². The monoisotopic (exact) mass is 417 g/mol. The van der Waals surface area contributed by atoms with Crippen molar-refractivity contribution in [1.82, 2.24) is 9.97 Å². The van der Waals surface area contributed by atoms with E-state index in [1.54, 1.807) is 20.5 Å². The van der Waals surface area contributed by atoms with Crippen molar-refractivity contribution >= 4 is 36.7 Å². The molecule has 0 spiro atoms. The average Bonchev–Trinajstić information content (AvgIpc) is 2.64. The molecule has 2 aromatic rings. The maximum atomic E-state index is 11.1. The number of fused-ring (bicyclic) bond motifs is 1. The summed E-state index contributed by atoms with van der Waals surface area (Å²) in [5, 5.41) is 0.902. The molecule has 1 aromatic carbocycles. The summed E-state index contributed by atoms with van der Waals surface area (Å²) in [5.41, 5.74) is 0.788. The van der Waals surface area contributed by atoms with E-state index < -0.39 is 7.60 Å². The predicted octanol–water partition coefficient (Wildman–Crippen LogP) is 2.85. The minimum Gasteiger partial charge on any atom is -0.493 e. The largest absolute Gasteiger partial charge is 0.493 e. The van der Waals surface area contributed by atoms with Gasteiger partial charge in [0.25, 0.3) is 0 Å². The van der Waals surface area contributed by atoms with Gasteiger partial charge in [-0.1, -0.05) is 0 Å². The lowest BCUT2D eigenvalue weighted by atomic mass is 9.94. The number of piperidine rings is 1. The molecule has 1 aromatic heterocycles. The minimum atomic E-state index is -3.92. The zero-order valence-electron chi connectivity index (χ0n) is 15.4. The van der Waals surface area contributed by atoms with Gasteiger partial charge in [-0.3, -0.25) is 4.57 Å². The van der Waals surface area contributed by atoms with Gasteiger partial charge < -0.3 is 24.2 Å². The van der Waals surface area contributed by atoms with E-state index in [4.69, 9.17) is 19.3 Å². The summed E-state index contributed by atoms with van der Waals surface area (Å²) >= 11 is 0. The van der Waals surface area contributed by atoms with E-state index in [0.717, 1.165) is 42.7 Å². The first kappa shape index (κ1) is 21.7. The molecule has 0 amide bonds. The third-order valence-corrected chi connectivity index (χ3v) is 5.70. The van der Waals surface area contributed by atoms with Gasteiger partial charge in [0.1, 0.15) is 12.1 Å². The van der Waals surface area contributed by atoms with Crippen LogP contribution in [0.4, 0.5) is 5.82 Å². The van der Waals surface area contributed by atoms with E-state index in [0.29, 0.717) is 23.8 Å². The highest BCUT2D eigenvalue weighted by Gasteiger charge is 2.24. The predicted molar refractivity (Wildman–Crippen MR) is 106 cm³/mol. The Kier molecular flexibility index (Phi) is 7.28. The molecule has 0 aliphatic carbocycles. The number of nitrogens with zero attached hydrogens (tertiary/aromatic N) is 3. The maximum absolute atomic E-state index is 11.1. The molecule has 0 atom stereocenters. The lowest BCUT2D eigenvalue weighted by molar-refractivity contribution is 0.350. The molecule has 2 N–H and O–H groups in total. The molecule has 10 heteroatoms. The fourth-order valence-corrected chi connectivity index (χ4v) is 4.11. The van der Waals surface area contributed by atoms with Crippen molar-refractivity contribution in [1.29, 1.82) is 0 Å². The smallest absolute Gasteiger partial charge is 0.325 e. The second-order valence-electron chi connectivity index (χ2n) is 6.53. The second-order valence-corrected chi connectivity index (χ2v) is 8.31. The molecule has 1 aliphatic heterocycles. The van der Waals surface area contributed by atoms with Gasteiger partial charge in [-0.25, -0.2) is 9.97 Å². The maximum Gasteiger partial charge on any atom is 0.325 e. The Morgan fingerprint density at radius 1 is 1.15 bits per heavy atom. The van der Waals surface area contributed by atoms with Crippen LogP contribution in [0, 0.1) is 5.92 Å². The topological polar surface area (TPSA) is 105 Å². The molecule has 1 fully saturated rings. The zero-order valence-corrected chi connectivity index (χ0v) is 17.1. The lowest BCUT2D eigenvalue weighted by Crippen LogP contribution is -2.34. The molecule has 8 nitrogen and oxygen atoms in total. The highest BCUT2D eigenvalue weighted by atomic mass is 35.5. The Balaban J connectivity index is 0.00000261. The number of anilines is 1. The van der Waals surface area contributed by atoms with E-state index in [-0.39, 0.29) is 18.6 Å². The van der Waals surface area contributed by atoms with Crippen molar-refractivity contribution in [2.45, 2.75) is 19.3 Å². The van der Waals surface area contributed by atoms with Gasteiger partial charge >= 0.3 is 7.60 Å². The average molecular weight is 418 g/mol. The first-order valence-corrected chi connectivity index (χ1v) is 10.4. The molecule has 150 valence electrons. The molecule has 0 radical (unpaired) electrons. The summed E-state index contributed by atoms with van der Waals surface area (Å²) in [7, 11) is -0.727. The van der Waals surface area contributed by atoms with Crippen molar-refractivity contribution in [2.75, 3.05) is 38.4 Å². The Morgan fingerprint density at radius 3 is 2.37 bits per heavy atom. The van der Waals surface area contributed by atoms with Gasteiger partial charge in [0.05, 0.1) is 25.9 Å². The highest BCUT2D eigenvalue weighted by Crippen LogP contribution is 2.39. The number of hydrogen-bond acceptors (Lipinski definition) is 6. The molecule has 0 saturated carbocycles. The summed E-state index contributed by atoms with van der Waals surface area (Å²) in [6.07, 6.45) is 3.85. The van der Waals surface area contributed by atoms with Crippen LogP contribution in [0.3, 0.4) is 0 Å². The second kappa shape index (κ2) is 9.06. The van der Waals surface area contributed by atoms with Crippen molar-refractivity contribution in [2.24, 2.45) is 5.92 Å². The quantitative estimate of drug-likeness (QED) is 0.691. The van der Waals surface area contributed by atoms with Gasteiger partial charge in [0, 0.05) is 24.5 Å². The summed E-state index contributed by atoms with van der Waals surface area (Å²) in [6.45, 7) is 1.60. The van der Waals surface area contributed by atoms with Crippen LogP contribution in [0.1, 0.15) is 19.3 Å². The van der Waals surface area contributed by atoms with E-state index in [9.17, 15) is 4.57 Å². The summed E-state index contributed by atoms with van der Waals surface area (Å²) in [4.78, 5) is 29.1. The van der Waals surface area contributed by atoms with Gasteiger partial charge in [0.15, 0.2) is 11.5 Å². The molecule has 0 bridgehead atoms. The van der Waals surface area contributed by atoms with E-state index in [2.05, 4.69) is 14.9 Å². The van der Waals surface area contributed by atoms with E-state index in [1.807, 2.05) is 12.1 Å². The van der Waals surface area contributed by atoms with Crippen LogP contribution < -0.4 is 14.4 Å². The minimum absolute atomic E-state index is 0. The van der Waals surface area contributed by atoms with E-state index >= 15 is 0 Å². The summed E-state index contributed by atoms with van der Waals surface area (Å²) in [5.74, 6) is 2.44. The Labute approximate surface area is 164 Å². The number of ether oxygens (including phenoxy) is 2.